The first kappa shape index (κ1) is 37.3. The number of nitrogens with one attached hydrogen (secondary N) is 1. The van der Waals surface area contributed by atoms with Gasteiger partial charge in [0.15, 0.2) is 0 Å². The Bertz CT molecular complexity index is 2240. The van der Waals surface area contributed by atoms with Crippen LogP contribution in [-0.2, 0) is 20.2 Å². The molecule has 5 aromatic rings. The molecule has 3 aromatic carbocycles. The van der Waals surface area contributed by atoms with Crippen molar-refractivity contribution in [1.82, 2.24) is 15.0 Å². The van der Waals surface area contributed by atoms with Gasteiger partial charge in [-0.2, -0.15) is 10.1 Å². The minimum Gasteiger partial charge on any atom is -0.871 e. The molecule has 0 bridgehead atoms. The van der Waals surface area contributed by atoms with E-state index in [9.17, 15) is 40.9 Å². The van der Waals surface area contributed by atoms with Gasteiger partial charge in [0.25, 0.3) is 0 Å². The van der Waals surface area contributed by atoms with Crippen molar-refractivity contribution in [2.24, 2.45) is 10.2 Å². The summed E-state index contributed by atoms with van der Waals surface area (Å²) in [6.07, 6.45) is 2.68. The van der Waals surface area contributed by atoms with E-state index in [2.05, 4.69) is 30.5 Å². The number of aromatic carboxylic acids is 1. The number of nitrogens with zero attached hydrogens (tertiary/aromatic N) is 6. The SMILES string of the molecule is O=C(O)c1ccc[n+](-c2nc(Cl)nc(Nc3ccc(S(=O)(=O)[O-])c(N=Nc4cc(S(=O)(=O)[O-])c5ccccc5c4[O-])c3)n2)c1.[Na+].[Na+]. The van der Waals surface area contributed by atoms with Crippen LogP contribution in [0.1, 0.15) is 10.4 Å². The number of carboxylic acids is 1. The maximum Gasteiger partial charge on any atom is 1.00 e. The molecule has 2 N–H and O–H groups in total. The zero-order valence-electron chi connectivity index (χ0n) is 23.5. The number of halogens is 1. The number of carbonyl (C=O) groups is 1. The second kappa shape index (κ2) is 14.7. The number of hydrogen-bond acceptors (Lipinski definition) is 14. The summed E-state index contributed by atoms with van der Waals surface area (Å²) >= 11 is 6.02. The molecule has 224 valence electrons. The van der Waals surface area contributed by atoms with Crippen LogP contribution in [0, 0.1) is 0 Å². The maximum absolute atomic E-state index is 12.9. The third-order valence-electron chi connectivity index (χ3n) is 5.83. The third kappa shape index (κ3) is 8.41. The molecule has 0 spiro atoms. The molecule has 2 heterocycles. The van der Waals surface area contributed by atoms with Gasteiger partial charge in [0.05, 0.1) is 33.4 Å². The van der Waals surface area contributed by atoms with E-state index in [4.69, 9.17) is 11.6 Å². The molecule has 21 heteroatoms. The third-order valence-corrected chi connectivity index (χ3v) is 7.76. The summed E-state index contributed by atoms with van der Waals surface area (Å²) in [6.45, 7) is 0. The number of carboxylic acid groups (broad SMARTS) is 1. The quantitative estimate of drug-likeness (QED) is 0.0697. The molecular formula is C25H14ClN7Na2O9S2. The van der Waals surface area contributed by atoms with Gasteiger partial charge in [0.1, 0.15) is 25.9 Å². The molecule has 0 saturated heterocycles. The largest absolute Gasteiger partial charge is 1.00 e. The Morgan fingerprint density at radius 2 is 1.50 bits per heavy atom. The predicted octanol–water partition coefficient (Wildman–Crippen LogP) is -3.30. The van der Waals surface area contributed by atoms with Crippen molar-refractivity contribution in [2.75, 3.05) is 5.32 Å². The second-order valence-corrected chi connectivity index (χ2v) is 11.8. The van der Waals surface area contributed by atoms with E-state index in [1.54, 1.807) is 0 Å². The Kier molecular flexibility index (Phi) is 12.0. The Labute approximate surface area is 309 Å². The first-order valence-electron chi connectivity index (χ1n) is 11.8. The summed E-state index contributed by atoms with van der Waals surface area (Å²) in [5.41, 5.74) is -1.20. The van der Waals surface area contributed by atoms with Crippen LogP contribution in [0.15, 0.2) is 93.1 Å². The van der Waals surface area contributed by atoms with Crippen LogP contribution in [-0.4, -0.2) is 52.0 Å². The van der Waals surface area contributed by atoms with Crippen LogP contribution in [0.5, 0.6) is 5.75 Å². The summed E-state index contributed by atoms with van der Waals surface area (Å²) < 4.78 is 72.6. The Morgan fingerprint density at radius 3 is 2.15 bits per heavy atom. The number of benzene rings is 3. The average molecular weight is 702 g/mol. The summed E-state index contributed by atoms with van der Waals surface area (Å²) in [6, 6.07) is 12.0. The number of azo groups is 1. The van der Waals surface area contributed by atoms with Crippen molar-refractivity contribution < 1.29 is 105 Å². The van der Waals surface area contributed by atoms with E-state index >= 15 is 0 Å². The summed E-state index contributed by atoms with van der Waals surface area (Å²) in [5.74, 6) is -2.28. The van der Waals surface area contributed by atoms with Crippen molar-refractivity contribution in [1.29, 1.82) is 0 Å². The Hall–Kier alpha value is -3.14. The first-order valence-corrected chi connectivity index (χ1v) is 15.0. The van der Waals surface area contributed by atoms with Gasteiger partial charge in [-0.15, -0.1) is 5.11 Å². The molecule has 0 fully saturated rings. The molecule has 0 atom stereocenters. The van der Waals surface area contributed by atoms with E-state index in [0.29, 0.717) is 6.07 Å². The molecule has 16 nitrogen and oxygen atoms in total. The van der Waals surface area contributed by atoms with Gasteiger partial charge in [-0.05, 0) is 68.7 Å². The standard InChI is InChI=1S/C25H16ClN7O9S2.2Na/c26-23-28-24(30-25(29-23)33-9-3-4-13(12-33)22(35)36)27-14-7-8-19(43(37,38)39)17(10-14)31-32-18-11-20(44(40,41)42)15-5-1-2-6-16(15)21(18)34;;/h1-12H,(H4-,27,28,29,30,31,34,35,36,37,38,39,40,41,42);;/q;2*+1/p-2. The van der Waals surface area contributed by atoms with Gasteiger partial charge in [-0.3, -0.25) is 0 Å². The van der Waals surface area contributed by atoms with Crippen LogP contribution in [0.3, 0.4) is 0 Å². The van der Waals surface area contributed by atoms with Crippen LogP contribution in [0.2, 0.25) is 5.28 Å². The number of hydrogen-bond donors (Lipinski definition) is 2. The smallest absolute Gasteiger partial charge is 0.871 e. The molecule has 0 aliphatic carbocycles. The zero-order valence-corrected chi connectivity index (χ0v) is 29.9. The molecular weight excluding hydrogens is 688 g/mol. The summed E-state index contributed by atoms with van der Waals surface area (Å²) in [4.78, 5) is 21.8. The van der Waals surface area contributed by atoms with Crippen LogP contribution in [0.25, 0.3) is 16.7 Å². The van der Waals surface area contributed by atoms with E-state index < -0.39 is 53.1 Å². The van der Waals surface area contributed by atoms with E-state index in [1.165, 1.54) is 53.4 Å². The maximum atomic E-state index is 12.9. The number of fused-ring (bicyclic) bond motifs is 1. The van der Waals surface area contributed by atoms with E-state index in [-0.39, 0.29) is 98.3 Å². The Morgan fingerprint density at radius 1 is 0.848 bits per heavy atom. The molecule has 0 unspecified atom stereocenters. The van der Waals surface area contributed by atoms with Gasteiger partial charge < -0.3 is 24.6 Å². The van der Waals surface area contributed by atoms with Crippen LogP contribution in [0.4, 0.5) is 23.0 Å². The van der Waals surface area contributed by atoms with Gasteiger partial charge in [0, 0.05) is 5.69 Å². The molecule has 0 saturated carbocycles. The molecule has 0 radical (unpaired) electrons. The van der Waals surface area contributed by atoms with Crippen molar-refractivity contribution in [2.45, 2.75) is 9.79 Å². The van der Waals surface area contributed by atoms with Crippen LogP contribution < -0.4 is 74.1 Å². The zero-order chi connectivity index (χ0) is 31.8. The fourth-order valence-corrected chi connectivity index (χ4v) is 5.39. The fourth-order valence-electron chi connectivity index (χ4n) is 3.94. The number of aromatic nitrogens is 4. The average Bonchev–Trinajstić information content (AvgIpc) is 2.95. The second-order valence-electron chi connectivity index (χ2n) is 8.72. The predicted molar refractivity (Wildman–Crippen MR) is 147 cm³/mol. The van der Waals surface area contributed by atoms with Gasteiger partial charge in [-0.25, -0.2) is 26.2 Å². The molecule has 46 heavy (non-hydrogen) atoms. The Balaban J connectivity index is 0.00000288. The van der Waals surface area contributed by atoms with Gasteiger partial charge >= 0.3 is 82.3 Å². The topological polar surface area (TPSA) is 254 Å². The molecule has 2 aromatic heterocycles. The first-order chi connectivity index (χ1) is 20.7. The van der Waals surface area contributed by atoms with Crippen LogP contribution >= 0.6 is 11.6 Å². The van der Waals surface area contributed by atoms with Gasteiger partial charge in [0.2, 0.25) is 0 Å². The molecule has 0 aliphatic heterocycles. The number of anilines is 2. The van der Waals surface area contributed by atoms with Crippen molar-refractivity contribution in [3.63, 3.8) is 0 Å². The van der Waals surface area contributed by atoms with Gasteiger partial charge in [-0.1, -0.05) is 30.0 Å². The van der Waals surface area contributed by atoms with Crippen molar-refractivity contribution in [3.05, 3.63) is 83.9 Å². The molecule has 0 amide bonds. The van der Waals surface area contributed by atoms with Crippen molar-refractivity contribution >= 4 is 71.6 Å². The van der Waals surface area contributed by atoms with E-state index in [0.717, 1.165) is 18.2 Å². The normalized spacial score (nSPS) is 11.5. The molecule has 0 aliphatic rings. The summed E-state index contributed by atoms with van der Waals surface area (Å²) in [7, 11) is -10.2. The number of rotatable bonds is 8. The minimum absolute atomic E-state index is 0. The summed E-state index contributed by atoms with van der Waals surface area (Å²) in [5, 5.41) is 31.7. The minimum atomic E-state index is -5.13. The fraction of sp³-hybridized carbons (Fsp3) is 0. The van der Waals surface area contributed by atoms with Crippen molar-refractivity contribution in [3.8, 4) is 11.7 Å². The van der Waals surface area contributed by atoms with E-state index in [1.807, 2.05) is 0 Å². The monoisotopic (exact) mass is 701 g/mol. The number of pyridine rings is 1. The molecule has 5 rings (SSSR count).